The number of hydrogen-bond acceptors (Lipinski definition) is 5. The molecule has 1 aliphatic heterocycles. The van der Waals surface area contributed by atoms with Crippen LogP contribution in [0.15, 0.2) is 59.7 Å². The number of nitrogens with zero attached hydrogens (tertiary/aromatic N) is 2. The van der Waals surface area contributed by atoms with Gasteiger partial charge in [-0.2, -0.15) is 0 Å². The van der Waals surface area contributed by atoms with Crippen molar-refractivity contribution in [3.05, 3.63) is 92.6 Å². The summed E-state index contributed by atoms with van der Waals surface area (Å²) in [6.07, 6.45) is 9.53. The molecule has 0 radical (unpaired) electrons. The fourth-order valence-corrected chi connectivity index (χ4v) is 4.75. The summed E-state index contributed by atoms with van der Waals surface area (Å²) in [6, 6.07) is 13.6. The number of rotatable bonds is 8. The summed E-state index contributed by atoms with van der Waals surface area (Å²) < 4.78 is 12.9. The molecule has 1 aliphatic carbocycles. The van der Waals surface area contributed by atoms with Crippen molar-refractivity contribution in [3.63, 3.8) is 0 Å². The smallest absolute Gasteiger partial charge is 0.258 e. The molecule has 0 amide bonds. The highest BCUT2D eigenvalue weighted by atomic mass is 35.5. The van der Waals surface area contributed by atoms with Gasteiger partial charge in [0.25, 0.3) is 5.56 Å². The van der Waals surface area contributed by atoms with Crippen LogP contribution >= 0.6 is 11.6 Å². The maximum absolute atomic E-state index is 12.8. The second-order valence-electron chi connectivity index (χ2n) is 9.18. The minimum Gasteiger partial charge on any atom is -0.487 e. The number of ether oxygens (including phenoxy) is 2. The fourth-order valence-electron chi connectivity index (χ4n) is 4.64. The predicted molar refractivity (Wildman–Crippen MR) is 138 cm³/mol. The van der Waals surface area contributed by atoms with E-state index in [4.69, 9.17) is 21.1 Å². The third-order valence-electron chi connectivity index (χ3n) is 6.66. The molecule has 0 spiro atoms. The molecule has 0 saturated carbocycles. The molecule has 35 heavy (non-hydrogen) atoms. The van der Waals surface area contributed by atoms with E-state index in [-0.39, 0.29) is 12.2 Å². The van der Waals surface area contributed by atoms with E-state index in [2.05, 4.69) is 34.6 Å². The molecule has 1 fully saturated rings. The van der Waals surface area contributed by atoms with E-state index in [0.717, 1.165) is 69.3 Å². The van der Waals surface area contributed by atoms with Gasteiger partial charge in [0.2, 0.25) is 0 Å². The lowest BCUT2D eigenvalue weighted by molar-refractivity contribution is 0.0662. The van der Waals surface area contributed by atoms with Gasteiger partial charge < -0.3 is 14.8 Å². The second-order valence-corrected chi connectivity index (χ2v) is 9.62. The number of fused-ring (bicyclic) bond motifs is 1. The third-order valence-corrected chi connectivity index (χ3v) is 6.88. The molecule has 2 aromatic heterocycles. The molecule has 0 atom stereocenters. The van der Waals surface area contributed by atoms with Crippen LogP contribution in [0.3, 0.4) is 0 Å². The lowest BCUT2D eigenvalue weighted by atomic mass is 9.93. The molecule has 2 aliphatic rings. The summed E-state index contributed by atoms with van der Waals surface area (Å²) in [7, 11) is 0. The number of nitrogens with one attached hydrogen (secondary N) is 1. The minimum absolute atomic E-state index is 0.102. The third kappa shape index (κ3) is 6.20. The van der Waals surface area contributed by atoms with Gasteiger partial charge in [0, 0.05) is 43.9 Å². The zero-order chi connectivity index (χ0) is 24.0. The SMILES string of the molecule is O=c1cc(OCc2ccc(Cl)cn2)ccn1C1=Cc2ccc(CNCC3CCOCC3)cc2CC1. The van der Waals surface area contributed by atoms with E-state index >= 15 is 0 Å². The number of pyridine rings is 2. The van der Waals surface area contributed by atoms with Crippen molar-refractivity contribution in [2.24, 2.45) is 5.92 Å². The highest BCUT2D eigenvalue weighted by Crippen LogP contribution is 2.27. The number of hydrogen-bond donors (Lipinski definition) is 1. The Hall–Kier alpha value is -2.93. The lowest BCUT2D eigenvalue weighted by Gasteiger charge is -2.22. The Bertz CT molecular complexity index is 1250. The highest BCUT2D eigenvalue weighted by Gasteiger charge is 2.15. The van der Waals surface area contributed by atoms with Gasteiger partial charge in [-0.3, -0.25) is 14.3 Å². The zero-order valence-electron chi connectivity index (χ0n) is 19.7. The normalized spacial score (nSPS) is 16.0. The molecule has 5 rings (SSSR count). The molecule has 1 N–H and O–H groups in total. The van der Waals surface area contributed by atoms with Crippen molar-refractivity contribution in [3.8, 4) is 5.75 Å². The van der Waals surface area contributed by atoms with E-state index in [9.17, 15) is 4.79 Å². The quantitative estimate of drug-likeness (QED) is 0.483. The first kappa shape index (κ1) is 23.8. The van der Waals surface area contributed by atoms with Crippen molar-refractivity contribution < 1.29 is 9.47 Å². The Labute approximate surface area is 210 Å². The van der Waals surface area contributed by atoms with E-state index in [1.807, 2.05) is 12.1 Å². The summed E-state index contributed by atoms with van der Waals surface area (Å²) in [5, 5.41) is 4.19. The van der Waals surface area contributed by atoms with Gasteiger partial charge in [0.15, 0.2) is 0 Å². The molecule has 6 nitrogen and oxygen atoms in total. The summed E-state index contributed by atoms with van der Waals surface area (Å²) in [4.78, 5) is 17.0. The summed E-state index contributed by atoms with van der Waals surface area (Å²) in [6.45, 7) is 3.99. The van der Waals surface area contributed by atoms with E-state index < -0.39 is 0 Å². The maximum Gasteiger partial charge on any atom is 0.258 e. The van der Waals surface area contributed by atoms with Crippen LogP contribution < -0.4 is 15.6 Å². The standard InChI is InChI=1S/C28H30ClN3O3/c29-24-4-5-25(31-18-24)19-35-27-7-10-32(28(33)15-27)26-6-3-22-13-21(1-2-23(22)14-26)17-30-16-20-8-11-34-12-9-20/h1-2,4-5,7,10,13-15,18,20,30H,3,6,8-9,11-12,16-17,19H2. The molecule has 0 unspecified atom stereocenters. The molecule has 0 bridgehead atoms. The average Bonchev–Trinajstić information content (AvgIpc) is 2.89. The topological polar surface area (TPSA) is 65.4 Å². The van der Waals surface area contributed by atoms with Crippen LogP contribution in [0.4, 0.5) is 0 Å². The molecule has 1 aromatic carbocycles. The fraction of sp³-hybridized carbons (Fsp3) is 0.357. The summed E-state index contributed by atoms with van der Waals surface area (Å²) >= 11 is 5.87. The number of aromatic nitrogens is 2. The van der Waals surface area contributed by atoms with Crippen molar-refractivity contribution in [1.29, 1.82) is 0 Å². The van der Waals surface area contributed by atoms with Gasteiger partial charge in [0.05, 0.1) is 10.7 Å². The van der Waals surface area contributed by atoms with Gasteiger partial charge in [0.1, 0.15) is 12.4 Å². The van der Waals surface area contributed by atoms with Crippen molar-refractivity contribution >= 4 is 23.4 Å². The first-order valence-corrected chi connectivity index (χ1v) is 12.6. The van der Waals surface area contributed by atoms with Gasteiger partial charge in [-0.25, -0.2) is 0 Å². The molecule has 7 heteroatoms. The van der Waals surface area contributed by atoms with E-state index in [0.29, 0.717) is 10.8 Å². The number of halogens is 1. The zero-order valence-corrected chi connectivity index (χ0v) is 20.5. The van der Waals surface area contributed by atoms with Crippen molar-refractivity contribution in [1.82, 2.24) is 14.9 Å². The van der Waals surface area contributed by atoms with Crippen LogP contribution in [0.1, 0.15) is 41.6 Å². The summed E-state index contributed by atoms with van der Waals surface area (Å²) in [5.41, 5.74) is 5.47. The van der Waals surface area contributed by atoms with Crippen molar-refractivity contribution in [2.45, 2.75) is 38.8 Å². The molecule has 182 valence electrons. The Morgan fingerprint density at radius 2 is 2.00 bits per heavy atom. The number of benzene rings is 1. The minimum atomic E-state index is -0.102. The van der Waals surface area contributed by atoms with Crippen LogP contribution in [0.25, 0.3) is 11.8 Å². The number of allylic oxidation sites excluding steroid dienone is 1. The lowest BCUT2D eigenvalue weighted by Crippen LogP contribution is -2.27. The van der Waals surface area contributed by atoms with Crippen LogP contribution in [-0.4, -0.2) is 29.3 Å². The average molecular weight is 492 g/mol. The van der Waals surface area contributed by atoms with E-state index in [1.165, 1.54) is 22.8 Å². The Morgan fingerprint density at radius 1 is 1.11 bits per heavy atom. The van der Waals surface area contributed by atoms with Gasteiger partial charge in [-0.15, -0.1) is 0 Å². The maximum atomic E-state index is 12.8. The molecular weight excluding hydrogens is 462 g/mol. The van der Waals surface area contributed by atoms with Gasteiger partial charge in [-0.1, -0.05) is 29.8 Å². The van der Waals surface area contributed by atoms with Crippen LogP contribution in [0.5, 0.6) is 5.75 Å². The molecule has 1 saturated heterocycles. The van der Waals surface area contributed by atoms with Crippen LogP contribution in [0, 0.1) is 5.92 Å². The van der Waals surface area contributed by atoms with Gasteiger partial charge in [-0.05, 0) is 79.1 Å². The Kier molecular flexibility index (Phi) is 7.62. The van der Waals surface area contributed by atoms with E-state index in [1.54, 1.807) is 23.0 Å². The van der Waals surface area contributed by atoms with Gasteiger partial charge >= 0.3 is 0 Å². The summed E-state index contributed by atoms with van der Waals surface area (Å²) in [5.74, 6) is 1.24. The molecule has 3 aromatic rings. The first-order chi connectivity index (χ1) is 17.1. The Balaban J connectivity index is 1.21. The van der Waals surface area contributed by atoms with Crippen molar-refractivity contribution in [2.75, 3.05) is 19.8 Å². The second kappa shape index (κ2) is 11.2. The first-order valence-electron chi connectivity index (χ1n) is 12.2. The largest absolute Gasteiger partial charge is 0.487 e. The highest BCUT2D eigenvalue weighted by molar-refractivity contribution is 6.30. The monoisotopic (exact) mass is 491 g/mol. The van der Waals surface area contributed by atoms with Crippen LogP contribution in [0.2, 0.25) is 5.02 Å². The predicted octanol–water partition coefficient (Wildman–Crippen LogP) is 4.94. The Morgan fingerprint density at radius 3 is 2.80 bits per heavy atom. The number of aryl methyl sites for hydroxylation is 1. The van der Waals surface area contributed by atoms with Crippen LogP contribution in [-0.2, 0) is 24.3 Å². The molecule has 3 heterocycles. The molecular formula is C28H30ClN3O3.